The van der Waals surface area contributed by atoms with Gasteiger partial charge in [-0.1, -0.05) is 30.3 Å². The normalized spacial score (nSPS) is 11.6. The molecule has 1 atom stereocenters. The van der Waals surface area contributed by atoms with Crippen LogP contribution in [-0.4, -0.2) is 23.7 Å². The van der Waals surface area contributed by atoms with E-state index in [2.05, 4.69) is 10.2 Å². The van der Waals surface area contributed by atoms with Crippen molar-refractivity contribution >= 4 is 12.0 Å². The maximum absolute atomic E-state index is 11.3. The molecule has 1 unspecified atom stereocenters. The van der Waals surface area contributed by atoms with Gasteiger partial charge in [0, 0.05) is 0 Å². The Hall–Kier alpha value is -2.08. The van der Waals surface area contributed by atoms with E-state index in [-0.39, 0.29) is 6.04 Å². The Balaban J connectivity index is 2.34. The van der Waals surface area contributed by atoms with E-state index in [9.17, 15) is 9.59 Å². The third-order valence-corrected chi connectivity index (χ3v) is 2.01. The molecule has 0 radical (unpaired) electrons. The van der Waals surface area contributed by atoms with E-state index in [1.165, 1.54) is 0 Å². The van der Waals surface area contributed by atoms with E-state index in [0.29, 0.717) is 0 Å². The van der Waals surface area contributed by atoms with E-state index in [1.807, 2.05) is 42.7 Å². The average molecular weight is 238 g/mol. The third-order valence-electron chi connectivity index (χ3n) is 2.01. The summed E-state index contributed by atoms with van der Waals surface area (Å²) in [6, 6.07) is 8.60. The second kappa shape index (κ2) is 6.49. The van der Waals surface area contributed by atoms with Gasteiger partial charge in [-0.05, 0) is 12.5 Å². The number of carboxylic acids is 1. The fourth-order valence-electron chi connectivity index (χ4n) is 1.21. The Labute approximate surface area is 98.5 Å². The number of carboxylic acid groups (broad SMARTS) is 1. The van der Waals surface area contributed by atoms with Crippen molar-refractivity contribution in [2.45, 2.75) is 13.0 Å². The van der Waals surface area contributed by atoms with Crippen LogP contribution in [-0.2, 0) is 9.63 Å². The molecule has 17 heavy (non-hydrogen) atoms. The minimum absolute atomic E-state index is 0.190. The second-order valence-corrected chi connectivity index (χ2v) is 3.39. The first-order chi connectivity index (χ1) is 8.09. The number of benzene rings is 1. The van der Waals surface area contributed by atoms with Crippen LogP contribution in [0.25, 0.3) is 0 Å². The van der Waals surface area contributed by atoms with Gasteiger partial charge in [0.05, 0.1) is 6.04 Å². The number of carbonyl (C=O) groups excluding carboxylic acids is 1. The maximum atomic E-state index is 11.3. The summed E-state index contributed by atoms with van der Waals surface area (Å²) in [7, 11) is 0. The first-order valence-electron chi connectivity index (χ1n) is 5.04. The Kier molecular flexibility index (Phi) is 4.96. The van der Waals surface area contributed by atoms with Gasteiger partial charge in [-0.2, -0.15) is 0 Å². The van der Waals surface area contributed by atoms with Gasteiger partial charge in [0.2, 0.25) is 0 Å². The lowest BCUT2D eigenvalue weighted by Gasteiger charge is -2.14. The first kappa shape index (κ1) is 13.0. The molecule has 92 valence electrons. The van der Waals surface area contributed by atoms with Gasteiger partial charge >= 0.3 is 12.0 Å². The topological polar surface area (TPSA) is 87.7 Å². The predicted molar refractivity (Wildman–Crippen MR) is 60.1 cm³/mol. The van der Waals surface area contributed by atoms with E-state index in [1.54, 1.807) is 0 Å². The molecule has 0 spiro atoms. The largest absolute Gasteiger partial charge is 0.479 e. The van der Waals surface area contributed by atoms with Gasteiger partial charge in [-0.25, -0.2) is 15.1 Å². The molecule has 3 N–H and O–H groups in total. The van der Waals surface area contributed by atoms with E-state index in [0.717, 1.165) is 5.56 Å². The lowest BCUT2D eigenvalue weighted by molar-refractivity contribution is -0.144. The SMILES string of the molecule is CC(NC(=O)NOCC(=O)O)c1ccccc1. The molecular weight excluding hydrogens is 224 g/mol. The van der Waals surface area contributed by atoms with Crippen LogP contribution in [0.3, 0.4) is 0 Å². The lowest BCUT2D eigenvalue weighted by Crippen LogP contribution is -2.37. The van der Waals surface area contributed by atoms with Crippen LogP contribution in [0.4, 0.5) is 4.79 Å². The zero-order valence-electron chi connectivity index (χ0n) is 9.34. The van der Waals surface area contributed by atoms with Crippen molar-refractivity contribution in [2.75, 3.05) is 6.61 Å². The van der Waals surface area contributed by atoms with E-state index < -0.39 is 18.6 Å². The summed E-state index contributed by atoms with van der Waals surface area (Å²) in [5, 5.41) is 10.9. The molecule has 6 nitrogen and oxygen atoms in total. The van der Waals surface area contributed by atoms with Gasteiger partial charge in [-0.3, -0.25) is 4.84 Å². The molecule has 0 saturated carbocycles. The molecule has 0 aromatic heterocycles. The smallest absolute Gasteiger partial charge is 0.339 e. The first-order valence-corrected chi connectivity index (χ1v) is 5.04. The number of carbonyl (C=O) groups is 2. The monoisotopic (exact) mass is 238 g/mol. The molecule has 6 heteroatoms. The average Bonchev–Trinajstić information content (AvgIpc) is 2.29. The molecule has 1 aromatic rings. The van der Waals surface area contributed by atoms with Crippen LogP contribution in [0.2, 0.25) is 0 Å². The number of amides is 2. The van der Waals surface area contributed by atoms with Crippen molar-refractivity contribution in [3.63, 3.8) is 0 Å². The van der Waals surface area contributed by atoms with Crippen LogP contribution >= 0.6 is 0 Å². The lowest BCUT2D eigenvalue weighted by atomic mass is 10.1. The number of hydrogen-bond acceptors (Lipinski definition) is 3. The highest BCUT2D eigenvalue weighted by molar-refractivity contribution is 5.73. The molecule has 1 rings (SSSR count). The van der Waals surface area contributed by atoms with Crippen LogP contribution in [0.5, 0.6) is 0 Å². The highest BCUT2D eigenvalue weighted by Gasteiger charge is 2.08. The molecular formula is C11H14N2O4. The highest BCUT2D eigenvalue weighted by Crippen LogP contribution is 2.10. The van der Waals surface area contributed by atoms with Crippen molar-refractivity contribution in [3.8, 4) is 0 Å². The molecule has 1 aromatic carbocycles. The minimum atomic E-state index is -1.15. The number of rotatable bonds is 5. The fraction of sp³-hybridized carbons (Fsp3) is 0.273. The molecule has 0 fully saturated rings. The van der Waals surface area contributed by atoms with Gasteiger partial charge < -0.3 is 10.4 Å². The van der Waals surface area contributed by atoms with Crippen molar-refractivity contribution in [2.24, 2.45) is 0 Å². The summed E-state index contributed by atoms with van der Waals surface area (Å²) in [4.78, 5) is 25.8. The zero-order valence-corrected chi connectivity index (χ0v) is 9.34. The minimum Gasteiger partial charge on any atom is -0.479 e. The van der Waals surface area contributed by atoms with Crippen molar-refractivity contribution < 1.29 is 19.5 Å². The molecule has 2 amide bonds. The van der Waals surface area contributed by atoms with E-state index in [4.69, 9.17) is 5.11 Å². The summed E-state index contributed by atoms with van der Waals surface area (Å²) in [5.41, 5.74) is 2.93. The number of aliphatic carboxylic acids is 1. The van der Waals surface area contributed by atoms with Crippen LogP contribution < -0.4 is 10.8 Å². The Morgan fingerprint density at radius 1 is 1.35 bits per heavy atom. The predicted octanol–water partition coefficient (Wildman–Crippen LogP) is 1.06. The third kappa shape index (κ3) is 4.98. The quantitative estimate of drug-likeness (QED) is 0.669. The summed E-state index contributed by atoms with van der Waals surface area (Å²) >= 11 is 0. The standard InChI is InChI=1S/C11H14N2O4/c1-8(9-5-3-2-4-6-9)12-11(16)13-17-7-10(14)15/h2-6,8H,7H2,1H3,(H,14,15)(H2,12,13,16). The number of nitrogens with one attached hydrogen (secondary N) is 2. The summed E-state index contributed by atoms with van der Waals surface area (Å²) in [5.74, 6) is -1.15. The molecule has 0 heterocycles. The van der Waals surface area contributed by atoms with Crippen LogP contribution in [0.1, 0.15) is 18.5 Å². The van der Waals surface area contributed by atoms with Gasteiger partial charge in [-0.15, -0.1) is 0 Å². The van der Waals surface area contributed by atoms with Crippen molar-refractivity contribution in [3.05, 3.63) is 35.9 Å². The van der Waals surface area contributed by atoms with Crippen LogP contribution in [0, 0.1) is 0 Å². The van der Waals surface area contributed by atoms with Crippen LogP contribution in [0.15, 0.2) is 30.3 Å². The van der Waals surface area contributed by atoms with Crippen molar-refractivity contribution in [1.29, 1.82) is 0 Å². The maximum Gasteiger partial charge on any atom is 0.339 e. The second-order valence-electron chi connectivity index (χ2n) is 3.39. The Morgan fingerprint density at radius 2 is 2.00 bits per heavy atom. The van der Waals surface area contributed by atoms with Gasteiger partial charge in [0.25, 0.3) is 0 Å². The molecule has 0 saturated heterocycles. The summed E-state index contributed by atoms with van der Waals surface area (Å²) < 4.78 is 0. The van der Waals surface area contributed by atoms with Crippen molar-refractivity contribution in [1.82, 2.24) is 10.8 Å². The molecule has 0 aliphatic heterocycles. The summed E-state index contributed by atoms with van der Waals surface area (Å²) in [6.45, 7) is 1.24. The highest BCUT2D eigenvalue weighted by atomic mass is 16.7. The molecule has 0 bridgehead atoms. The molecule has 0 aliphatic rings. The van der Waals surface area contributed by atoms with Gasteiger partial charge in [0.15, 0.2) is 6.61 Å². The Morgan fingerprint density at radius 3 is 2.59 bits per heavy atom. The number of urea groups is 1. The Bertz CT molecular complexity index is 380. The molecule has 0 aliphatic carbocycles. The number of hydroxylamine groups is 1. The van der Waals surface area contributed by atoms with E-state index >= 15 is 0 Å². The summed E-state index contributed by atoms with van der Waals surface area (Å²) in [6.07, 6.45) is 0. The number of hydrogen-bond donors (Lipinski definition) is 3. The van der Waals surface area contributed by atoms with Gasteiger partial charge in [0.1, 0.15) is 0 Å². The zero-order chi connectivity index (χ0) is 12.7. The fourth-order valence-corrected chi connectivity index (χ4v) is 1.21.